The van der Waals surface area contributed by atoms with E-state index in [-0.39, 0.29) is 18.8 Å². The van der Waals surface area contributed by atoms with E-state index >= 15 is 0 Å². The van der Waals surface area contributed by atoms with E-state index in [4.69, 9.17) is 21.7 Å². The molecule has 1 atom stereocenters. The van der Waals surface area contributed by atoms with Gasteiger partial charge in [0.05, 0.1) is 30.0 Å². The summed E-state index contributed by atoms with van der Waals surface area (Å²) in [7, 11) is 0. The molecule has 0 fully saturated rings. The number of esters is 1. The van der Waals surface area contributed by atoms with Gasteiger partial charge in [-0.25, -0.2) is 15.0 Å². The molecule has 2 aromatic carbocycles. The number of hydrazone groups is 1. The summed E-state index contributed by atoms with van der Waals surface area (Å²) in [6.07, 6.45) is 1.24. The average Bonchev–Trinajstić information content (AvgIpc) is 2.82. The summed E-state index contributed by atoms with van der Waals surface area (Å²) in [6, 6.07) is 12.6. The molecule has 0 unspecified atom stereocenters. The normalized spacial score (nSPS) is 15.3. The zero-order valence-corrected chi connectivity index (χ0v) is 19.8. The number of ether oxygens (including phenoxy) is 2. The third kappa shape index (κ3) is 6.42. The number of carbonyl (C=O) groups excluding carboxylic acids is 2. The lowest BCUT2D eigenvalue weighted by Gasteiger charge is -2.30. The molecule has 2 aromatic rings. The molecule has 0 saturated heterocycles. The van der Waals surface area contributed by atoms with Crippen LogP contribution in [-0.2, 0) is 14.3 Å². The van der Waals surface area contributed by atoms with E-state index in [0.717, 1.165) is 0 Å². The molecule has 1 aliphatic heterocycles. The highest BCUT2D eigenvalue weighted by molar-refractivity contribution is 7.80. The highest BCUT2D eigenvalue weighted by Crippen LogP contribution is 2.33. The molecule has 0 aromatic heterocycles. The number of benzene rings is 2. The summed E-state index contributed by atoms with van der Waals surface area (Å²) < 4.78 is 10.9. The Morgan fingerprint density at radius 2 is 1.89 bits per heavy atom. The Balaban J connectivity index is 1.72. The second-order valence-electron chi connectivity index (χ2n) is 7.30. The highest BCUT2D eigenvalue weighted by atomic mass is 32.1. The first-order valence-corrected chi connectivity index (χ1v) is 11.0. The van der Waals surface area contributed by atoms with Crippen LogP contribution in [0.2, 0.25) is 0 Å². The van der Waals surface area contributed by atoms with Crippen LogP contribution >= 0.6 is 12.2 Å². The van der Waals surface area contributed by atoms with E-state index in [0.29, 0.717) is 33.3 Å². The molecule has 1 heterocycles. The van der Waals surface area contributed by atoms with Crippen molar-refractivity contribution in [3.8, 4) is 5.75 Å². The number of hydrogen-bond donors (Lipinski definition) is 4. The lowest BCUT2D eigenvalue weighted by atomic mass is 9.95. The number of nitrogens with zero attached hydrogens (tertiary/aromatic N) is 1. The number of aromatic carboxylic acids is 1. The molecule has 0 spiro atoms. The Bertz CT molecular complexity index is 1210. The van der Waals surface area contributed by atoms with Gasteiger partial charge in [0.2, 0.25) is 0 Å². The number of amides is 1. The summed E-state index contributed by atoms with van der Waals surface area (Å²) in [5.74, 6) is -1.80. The van der Waals surface area contributed by atoms with E-state index in [1.54, 1.807) is 56.3 Å². The van der Waals surface area contributed by atoms with Crippen LogP contribution in [0, 0.1) is 0 Å². The minimum Gasteiger partial charge on any atom is -0.483 e. The first kappa shape index (κ1) is 25.4. The number of para-hydroxylation sites is 1. The molecular weight excluding hydrogens is 472 g/mol. The van der Waals surface area contributed by atoms with Gasteiger partial charge < -0.3 is 25.2 Å². The van der Waals surface area contributed by atoms with Crippen LogP contribution < -0.4 is 20.8 Å². The molecule has 11 heteroatoms. The first-order valence-electron chi connectivity index (χ1n) is 10.6. The van der Waals surface area contributed by atoms with Crippen LogP contribution in [0.1, 0.15) is 41.4 Å². The fraction of sp³-hybridized carbons (Fsp3) is 0.208. The number of carbonyl (C=O) groups is 3. The molecule has 35 heavy (non-hydrogen) atoms. The second kappa shape index (κ2) is 11.7. The third-order valence-electron chi connectivity index (χ3n) is 4.94. The molecule has 0 aliphatic carbocycles. The van der Waals surface area contributed by atoms with Gasteiger partial charge >= 0.3 is 11.9 Å². The van der Waals surface area contributed by atoms with Crippen molar-refractivity contribution in [3.63, 3.8) is 0 Å². The predicted octanol–water partition coefficient (Wildman–Crippen LogP) is 2.27. The van der Waals surface area contributed by atoms with E-state index in [1.807, 2.05) is 0 Å². The summed E-state index contributed by atoms with van der Waals surface area (Å²) in [6.45, 7) is 3.28. The van der Waals surface area contributed by atoms with E-state index in [1.165, 1.54) is 12.3 Å². The fourth-order valence-electron chi connectivity index (χ4n) is 3.41. The number of carboxylic acid groups (broad SMARTS) is 1. The average molecular weight is 497 g/mol. The van der Waals surface area contributed by atoms with Crippen molar-refractivity contribution in [2.75, 3.05) is 13.2 Å². The van der Waals surface area contributed by atoms with Crippen LogP contribution in [0.3, 0.4) is 0 Å². The fourth-order valence-corrected chi connectivity index (χ4v) is 3.68. The minimum absolute atomic E-state index is 0.0591. The van der Waals surface area contributed by atoms with Crippen molar-refractivity contribution in [1.29, 1.82) is 0 Å². The Hall–Kier alpha value is -4.25. The summed E-state index contributed by atoms with van der Waals surface area (Å²) >= 11 is 5.26. The van der Waals surface area contributed by atoms with Gasteiger partial charge in [0.15, 0.2) is 11.7 Å². The molecule has 0 bridgehead atoms. The van der Waals surface area contributed by atoms with Crippen molar-refractivity contribution in [3.05, 3.63) is 76.5 Å². The number of allylic oxidation sites excluding steroid dienone is 1. The van der Waals surface area contributed by atoms with Crippen LogP contribution in [0.15, 0.2) is 64.9 Å². The molecular formula is C24H24N4O6S. The minimum atomic E-state index is -1.10. The second-order valence-corrected chi connectivity index (χ2v) is 7.71. The summed E-state index contributed by atoms with van der Waals surface area (Å²) in [4.78, 5) is 36.2. The van der Waals surface area contributed by atoms with Gasteiger partial charge in [0, 0.05) is 16.8 Å². The van der Waals surface area contributed by atoms with Crippen molar-refractivity contribution < 1.29 is 29.0 Å². The van der Waals surface area contributed by atoms with Gasteiger partial charge in [-0.15, -0.1) is 0 Å². The molecule has 10 nitrogen and oxygen atoms in total. The largest absolute Gasteiger partial charge is 0.483 e. The maximum atomic E-state index is 12.6. The van der Waals surface area contributed by atoms with Crippen LogP contribution in [0.5, 0.6) is 5.75 Å². The van der Waals surface area contributed by atoms with Gasteiger partial charge in [-0.2, -0.15) is 5.10 Å². The molecule has 3 rings (SSSR count). The van der Waals surface area contributed by atoms with E-state index in [9.17, 15) is 19.5 Å². The maximum absolute atomic E-state index is 12.6. The Morgan fingerprint density at radius 3 is 2.63 bits per heavy atom. The Morgan fingerprint density at radius 1 is 1.17 bits per heavy atom. The molecule has 0 radical (unpaired) electrons. The molecule has 0 saturated carbocycles. The number of carboxylic acids is 1. The lowest BCUT2D eigenvalue weighted by Crippen LogP contribution is -2.45. The monoisotopic (exact) mass is 496 g/mol. The van der Waals surface area contributed by atoms with Crippen LogP contribution in [-0.4, -0.2) is 47.5 Å². The quantitative estimate of drug-likeness (QED) is 0.178. The first-order chi connectivity index (χ1) is 16.8. The predicted molar refractivity (Wildman–Crippen MR) is 132 cm³/mol. The number of nitrogens with one attached hydrogen (secondary N) is 3. The standard InChI is InChI=1S/C24H24N4O6S/c1-3-33-23(32)20-14(2)26-24(35)27-21(20)17-10-6-7-11-18(17)34-13-19(29)28-25-12-15-8-4-5-9-16(15)22(30)31/h4-12,21H,3,13H2,1-2H3,(H,28,29)(H,30,31)(H2,26,27,35)/t21-/m1/s1. The van der Waals surface area contributed by atoms with Gasteiger partial charge in [-0.1, -0.05) is 36.4 Å². The molecule has 1 aliphatic rings. The zero-order valence-electron chi connectivity index (χ0n) is 19.0. The topological polar surface area (TPSA) is 138 Å². The molecule has 182 valence electrons. The van der Waals surface area contributed by atoms with Crippen molar-refractivity contribution in [1.82, 2.24) is 16.1 Å². The van der Waals surface area contributed by atoms with Crippen LogP contribution in [0.4, 0.5) is 0 Å². The van der Waals surface area contributed by atoms with Gasteiger partial charge in [0.1, 0.15) is 5.75 Å². The van der Waals surface area contributed by atoms with Gasteiger partial charge in [0.25, 0.3) is 5.91 Å². The van der Waals surface area contributed by atoms with E-state index < -0.39 is 23.9 Å². The van der Waals surface area contributed by atoms with Crippen molar-refractivity contribution in [2.24, 2.45) is 5.10 Å². The van der Waals surface area contributed by atoms with Crippen molar-refractivity contribution >= 4 is 41.4 Å². The van der Waals surface area contributed by atoms with Crippen molar-refractivity contribution in [2.45, 2.75) is 19.9 Å². The number of rotatable bonds is 9. The molecule has 4 N–H and O–H groups in total. The third-order valence-corrected chi connectivity index (χ3v) is 5.16. The SMILES string of the molecule is CCOC(=O)C1=C(C)NC(=S)N[C@@H]1c1ccccc1OCC(=O)NN=Cc1ccccc1C(=O)O. The summed E-state index contributed by atoms with van der Waals surface area (Å²) in [5.41, 5.74) is 4.20. The smallest absolute Gasteiger partial charge is 0.338 e. The lowest BCUT2D eigenvalue weighted by molar-refractivity contribution is -0.139. The Kier molecular flexibility index (Phi) is 8.52. The highest BCUT2D eigenvalue weighted by Gasteiger charge is 2.32. The number of thiocarbonyl (C=S) groups is 1. The zero-order chi connectivity index (χ0) is 25.4. The Labute approximate surface area is 207 Å². The molecule has 1 amide bonds. The van der Waals surface area contributed by atoms with Crippen LogP contribution in [0.25, 0.3) is 0 Å². The maximum Gasteiger partial charge on any atom is 0.338 e. The van der Waals surface area contributed by atoms with E-state index in [2.05, 4.69) is 21.2 Å². The number of hydrogen-bond acceptors (Lipinski definition) is 7. The van der Waals surface area contributed by atoms with Gasteiger partial charge in [-0.05, 0) is 38.2 Å². The summed E-state index contributed by atoms with van der Waals surface area (Å²) in [5, 5.41) is 19.3. The van der Waals surface area contributed by atoms with Gasteiger partial charge in [-0.3, -0.25) is 4.79 Å².